The maximum atomic E-state index is 13.3. The van der Waals surface area contributed by atoms with E-state index in [9.17, 15) is 13.6 Å². The maximum absolute atomic E-state index is 13.3. The van der Waals surface area contributed by atoms with Crippen molar-refractivity contribution in [3.63, 3.8) is 0 Å². The number of nitrogens with one attached hydrogen (secondary N) is 1. The fourth-order valence-corrected chi connectivity index (χ4v) is 2.77. The van der Waals surface area contributed by atoms with Crippen LogP contribution < -0.4 is 5.32 Å². The summed E-state index contributed by atoms with van der Waals surface area (Å²) in [5.74, 6) is -0.554. The quantitative estimate of drug-likeness (QED) is 0.912. The predicted octanol–water partition coefficient (Wildman–Crippen LogP) is 3.70. The van der Waals surface area contributed by atoms with Crippen molar-refractivity contribution in [2.75, 3.05) is 0 Å². The Morgan fingerprint density at radius 1 is 0.857 bits per heavy atom. The summed E-state index contributed by atoms with van der Waals surface area (Å²) in [4.78, 5) is 12.0. The molecule has 2 atom stereocenters. The van der Waals surface area contributed by atoms with Crippen LogP contribution in [0.2, 0.25) is 0 Å². The van der Waals surface area contributed by atoms with Crippen molar-refractivity contribution in [1.29, 1.82) is 0 Å². The lowest BCUT2D eigenvalue weighted by molar-refractivity contribution is -0.121. The number of halogens is 2. The van der Waals surface area contributed by atoms with Gasteiger partial charge in [-0.15, -0.1) is 0 Å². The molecule has 2 nitrogen and oxygen atoms in total. The number of benzene rings is 2. The van der Waals surface area contributed by atoms with Crippen molar-refractivity contribution in [3.05, 3.63) is 71.3 Å². The summed E-state index contributed by atoms with van der Waals surface area (Å²) >= 11 is 0. The number of hydrogen-bond donors (Lipinski definition) is 1. The lowest BCUT2D eigenvalue weighted by Crippen LogP contribution is -2.35. The number of Topliss-reactive ketones (excluding diaryl/α,β-unsaturated/α-hetero) is 1. The minimum atomic E-state index is -0.324. The van der Waals surface area contributed by atoms with E-state index < -0.39 is 0 Å². The van der Waals surface area contributed by atoms with Gasteiger partial charge in [-0.25, -0.2) is 8.78 Å². The third kappa shape index (κ3) is 3.16. The standard InChI is InChI=1S/C17H15F2NO/c18-13-5-1-3-11(7-13)16-9-15(21)10-17(20-16)12-4-2-6-14(19)8-12/h1-8,16-17,20H,9-10H2. The summed E-state index contributed by atoms with van der Waals surface area (Å²) in [5.41, 5.74) is 1.48. The molecule has 2 aromatic carbocycles. The van der Waals surface area contributed by atoms with Crippen LogP contribution in [0.4, 0.5) is 8.78 Å². The fraction of sp³-hybridized carbons (Fsp3) is 0.235. The first-order valence-corrected chi connectivity index (χ1v) is 6.90. The van der Waals surface area contributed by atoms with E-state index in [1.807, 2.05) is 0 Å². The topological polar surface area (TPSA) is 29.1 Å². The lowest BCUT2D eigenvalue weighted by atomic mass is 9.89. The van der Waals surface area contributed by atoms with Crippen LogP contribution in [0, 0.1) is 11.6 Å². The molecule has 4 heteroatoms. The first-order valence-electron chi connectivity index (χ1n) is 6.90. The molecule has 0 spiro atoms. The van der Waals surface area contributed by atoms with Crippen LogP contribution in [-0.2, 0) is 4.79 Å². The molecule has 0 bridgehead atoms. The molecule has 0 aromatic heterocycles. The molecule has 2 unspecified atom stereocenters. The Hall–Kier alpha value is -2.07. The Morgan fingerprint density at radius 2 is 1.33 bits per heavy atom. The monoisotopic (exact) mass is 287 g/mol. The van der Waals surface area contributed by atoms with Crippen LogP contribution >= 0.6 is 0 Å². The third-order valence-corrected chi connectivity index (χ3v) is 3.77. The predicted molar refractivity (Wildman–Crippen MR) is 75.7 cm³/mol. The van der Waals surface area contributed by atoms with E-state index in [-0.39, 0.29) is 29.5 Å². The minimum absolute atomic E-state index is 0.0947. The Bertz CT molecular complexity index is 616. The Labute approximate surface area is 121 Å². The zero-order valence-corrected chi connectivity index (χ0v) is 11.4. The summed E-state index contributed by atoms with van der Waals surface area (Å²) in [6.07, 6.45) is 0.657. The van der Waals surface area contributed by atoms with Gasteiger partial charge in [-0.1, -0.05) is 24.3 Å². The Kier molecular flexibility index (Phi) is 3.80. The van der Waals surface area contributed by atoms with Gasteiger partial charge in [0.2, 0.25) is 0 Å². The van der Waals surface area contributed by atoms with Gasteiger partial charge >= 0.3 is 0 Å². The molecule has 1 heterocycles. The van der Waals surface area contributed by atoms with E-state index in [1.165, 1.54) is 24.3 Å². The molecular weight excluding hydrogens is 272 g/mol. The molecule has 2 aromatic rings. The smallest absolute Gasteiger partial charge is 0.136 e. The van der Waals surface area contributed by atoms with Crippen LogP contribution in [0.15, 0.2) is 48.5 Å². The highest BCUT2D eigenvalue weighted by Crippen LogP contribution is 2.31. The van der Waals surface area contributed by atoms with Crippen molar-refractivity contribution >= 4 is 5.78 Å². The van der Waals surface area contributed by atoms with Crippen LogP contribution in [0.1, 0.15) is 36.1 Å². The lowest BCUT2D eigenvalue weighted by Gasteiger charge is -2.31. The molecule has 21 heavy (non-hydrogen) atoms. The van der Waals surface area contributed by atoms with Gasteiger partial charge in [-0.2, -0.15) is 0 Å². The molecule has 0 amide bonds. The molecule has 0 saturated carbocycles. The molecule has 1 N–H and O–H groups in total. The first-order chi connectivity index (χ1) is 10.1. The van der Waals surface area contributed by atoms with Crippen molar-refractivity contribution in [1.82, 2.24) is 5.32 Å². The SMILES string of the molecule is O=C1CC(c2cccc(F)c2)NC(c2cccc(F)c2)C1. The van der Waals surface area contributed by atoms with Crippen molar-refractivity contribution < 1.29 is 13.6 Å². The molecule has 0 aliphatic carbocycles. The number of hydrogen-bond acceptors (Lipinski definition) is 2. The highest BCUT2D eigenvalue weighted by atomic mass is 19.1. The average molecular weight is 287 g/mol. The number of rotatable bonds is 2. The summed E-state index contributed by atoms with van der Waals surface area (Å²) in [6.45, 7) is 0. The molecule has 1 saturated heterocycles. The highest BCUT2D eigenvalue weighted by molar-refractivity contribution is 5.81. The summed E-state index contributed by atoms with van der Waals surface area (Å²) in [6, 6.07) is 12.0. The van der Waals surface area contributed by atoms with E-state index in [0.717, 1.165) is 11.1 Å². The van der Waals surface area contributed by atoms with Crippen LogP contribution in [-0.4, -0.2) is 5.78 Å². The maximum Gasteiger partial charge on any atom is 0.136 e. The van der Waals surface area contributed by atoms with E-state index in [0.29, 0.717) is 12.8 Å². The number of carbonyl (C=O) groups excluding carboxylic acids is 1. The van der Waals surface area contributed by atoms with Crippen molar-refractivity contribution in [2.24, 2.45) is 0 Å². The normalized spacial score (nSPS) is 22.3. The zero-order valence-electron chi connectivity index (χ0n) is 11.4. The molecule has 1 fully saturated rings. The summed E-state index contributed by atoms with van der Waals surface area (Å²) < 4.78 is 26.7. The van der Waals surface area contributed by atoms with Gasteiger partial charge in [0.15, 0.2) is 0 Å². The molecule has 1 aliphatic rings. The van der Waals surface area contributed by atoms with Gasteiger partial charge in [0, 0.05) is 24.9 Å². The van der Waals surface area contributed by atoms with Crippen molar-refractivity contribution in [3.8, 4) is 0 Å². The van der Waals surface area contributed by atoms with Gasteiger partial charge < -0.3 is 5.32 Å². The molecular formula is C17H15F2NO. The van der Waals surface area contributed by atoms with Gasteiger partial charge in [0.1, 0.15) is 17.4 Å². The number of carbonyl (C=O) groups is 1. The Balaban J connectivity index is 1.86. The van der Waals surface area contributed by atoms with Gasteiger partial charge in [-0.05, 0) is 35.4 Å². The third-order valence-electron chi connectivity index (χ3n) is 3.77. The van der Waals surface area contributed by atoms with Crippen LogP contribution in [0.5, 0.6) is 0 Å². The second-order valence-electron chi connectivity index (χ2n) is 5.33. The number of ketones is 1. The molecule has 1 aliphatic heterocycles. The van der Waals surface area contributed by atoms with Crippen molar-refractivity contribution in [2.45, 2.75) is 24.9 Å². The second kappa shape index (κ2) is 5.74. The van der Waals surface area contributed by atoms with E-state index >= 15 is 0 Å². The van der Waals surface area contributed by atoms with Crippen LogP contribution in [0.25, 0.3) is 0 Å². The summed E-state index contributed by atoms with van der Waals surface area (Å²) in [7, 11) is 0. The largest absolute Gasteiger partial charge is 0.302 e. The molecule has 3 rings (SSSR count). The number of piperidine rings is 1. The van der Waals surface area contributed by atoms with Gasteiger partial charge in [0.25, 0.3) is 0 Å². The highest BCUT2D eigenvalue weighted by Gasteiger charge is 2.28. The Morgan fingerprint density at radius 3 is 1.76 bits per heavy atom. The van der Waals surface area contributed by atoms with E-state index in [1.54, 1.807) is 24.3 Å². The first kappa shape index (κ1) is 13.9. The zero-order chi connectivity index (χ0) is 14.8. The minimum Gasteiger partial charge on any atom is -0.302 e. The van der Waals surface area contributed by atoms with Crippen LogP contribution in [0.3, 0.4) is 0 Å². The van der Waals surface area contributed by atoms with E-state index in [4.69, 9.17) is 0 Å². The average Bonchev–Trinajstić information content (AvgIpc) is 2.46. The second-order valence-corrected chi connectivity index (χ2v) is 5.33. The van der Waals surface area contributed by atoms with Gasteiger partial charge in [-0.3, -0.25) is 4.79 Å². The van der Waals surface area contributed by atoms with Gasteiger partial charge in [0.05, 0.1) is 0 Å². The fourth-order valence-electron chi connectivity index (χ4n) is 2.77. The molecule has 108 valence electrons. The van der Waals surface area contributed by atoms with E-state index in [2.05, 4.69) is 5.32 Å². The summed E-state index contributed by atoms with van der Waals surface area (Å²) in [5, 5.41) is 3.32. The molecule has 0 radical (unpaired) electrons.